The second-order valence-electron chi connectivity index (χ2n) is 6.23. The fourth-order valence-corrected chi connectivity index (χ4v) is 2.77. The first kappa shape index (κ1) is 20.8. The summed E-state index contributed by atoms with van der Waals surface area (Å²) < 4.78 is 15.2. The molecule has 1 heterocycles. The lowest BCUT2D eigenvalue weighted by Gasteiger charge is -2.21. The SMILES string of the molecule is CC[C@@H](C)[C@@H](NC(=O)COC(=O)c1oc2ccc(Cl)cc2c1C)C(=O)OC. The summed E-state index contributed by atoms with van der Waals surface area (Å²) in [6.45, 7) is 4.87. The molecule has 0 bridgehead atoms. The minimum Gasteiger partial charge on any atom is -0.467 e. The maximum atomic E-state index is 12.3. The van der Waals surface area contributed by atoms with Crippen LogP contribution in [0.5, 0.6) is 0 Å². The summed E-state index contributed by atoms with van der Waals surface area (Å²) >= 11 is 5.96. The fraction of sp³-hybridized carbons (Fsp3) is 0.421. The van der Waals surface area contributed by atoms with Gasteiger partial charge in [-0.1, -0.05) is 31.9 Å². The van der Waals surface area contributed by atoms with Crippen LogP contribution in [0.4, 0.5) is 0 Å². The van der Waals surface area contributed by atoms with Crippen molar-refractivity contribution in [3.63, 3.8) is 0 Å². The quantitative estimate of drug-likeness (QED) is 0.723. The van der Waals surface area contributed by atoms with Crippen LogP contribution in [0, 0.1) is 12.8 Å². The molecule has 0 radical (unpaired) electrons. The summed E-state index contributed by atoms with van der Waals surface area (Å²) in [5, 5.41) is 3.75. The number of rotatable bonds is 7. The van der Waals surface area contributed by atoms with Crippen molar-refractivity contribution in [2.24, 2.45) is 5.92 Å². The molecule has 146 valence electrons. The molecule has 7 nitrogen and oxygen atoms in total. The van der Waals surface area contributed by atoms with Crippen LogP contribution in [0.15, 0.2) is 22.6 Å². The first-order chi connectivity index (χ1) is 12.8. The highest BCUT2D eigenvalue weighted by Gasteiger charge is 2.27. The van der Waals surface area contributed by atoms with Crippen LogP contribution in [-0.2, 0) is 19.1 Å². The predicted octanol–water partition coefficient (Wildman–Crippen LogP) is 3.26. The molecule has 27 heavy (non-hydrogen) atoms. The summed E-state index contributed by atoms with van der Waals surface area (Å²) in [7, 11) is 1.25. The van der Waals surface area contributed by atoms with Gasteiger partial charge in [-0.15, -0.1) is 0 Å². The van der Waals surface area contributed by atoms with Crippen LogP contribution < -0.4 is 5.32 Å². The number of methoxy groups -OCH3 is 1. The Morgan fingerprint density at radius 3 is 2.63 bits per heavy atom. The summed E-state index contributed by atoms with van der Waals surface area (Å²) in [6, 6.07) is 4.19. The Labute approximate surface area is 161 Å². The molecule has 8 heteroatoms. The second kappa shape index (κ2) is 8.90. The predicted molar refractivity (Wildman–Crippen MR) is 99.6 cm³/mol. The fourth-order valence-electron chi connectivity index (χ4n) is 2.60. The van der Waals surface area contributed by atoms with Crippen molar-refractivity contribution in [2.45, 2.75) is 33.2 Å². The van der Waals surface area contributed by atoms with Gasteiger partial charge in [0.05, 0.1) is 7.11 Å². The molecule has 1 aromatic heterocycles. The monoisotopic (exact) mass is 395 g/mol. The van der Waals surface area contributed by atoms with E-state index in [9.17, 15) is 14.4 Å². The van der Waals surface area contributed by atoms with Crippen molar-refractivity contribution in [3.05, 3.63) is 34.5 Å². The van der Waals surface area contributed by atoms with Crippen LogP contribution in [0.2, 0.25) is 5.02 Å². The van der Waals surface area contributed by atoms with Gasteiger partial charge in [-0.25, -0.2) is 9.59 Å². The van der Waals surface area contributed by atoms with Crippen LogP contribution in [0.3, 0.4) is 0 Å². The highest BCUT2D eigenvalue weighted by Crippen LogP contribution is 2.28. The van der Waals surface area contributed by atoms with Gasteiger partial charge >= 0.3 is 11.9 Å². The van der Waals surface area contributed by atoms with Gasteiger partial charge < -0.3 is 19.2 Å². The van der Waals surface area contributed by atoms with Gasteiger partial charge in [0.2, 0.25) is 5.76 Å². The van der Waals surface area contributed by atoms with E-state index in [1.54, 1.807) is 25.1 Å². The number of carbonyl (C=O) groups excluding carboxylic acids is 3. The van der Waals surface area contributed by atoms with Gasteiger partial charge in [0, 0.05) is 16.0 Å². The molecular formula is C19H22ClNO6. The van der Waals surface area contributed by atoms with Crippen molar-refractivity contribution in [1.82, 2.24) is 5.32 Å². The summed E-state index contributed by atoms with van der Waals surface area (Å²) in [6.07, 6.45) is 0.667. The molecule has 0 fully saturated rings. The lowest BCUT2D eigenvalue weighted by atomic mass is 9.99. The first-order valence-electron chi connectivity index (χ1n) is 8.51. The summed E-state index contributed by atoms with van der Waals surface area (Å²) in [5.41, 5.74) is 1.07. The molecule has 0 aliphatic heterocycles. The van der Waals surface area contributed by atoms with Crippen LogP contribution >= 0.6 is 11.6 Å². The minimum absolute atomic E-state index is 0.00603. The van der Waals surface area contributed by atoms with Gasteiger partial charge in [-0.05, 0) is 31.0 Å². The molecule has 2 aromatic rings. The van der Waals surface area contributed by atoms with E-state index in [2.05, 4.69) is 5.32 Å². The molecule has 1 amide bonds. The number of amides is 1. The topological polar surface area (TPSA) is 94.8 Å². The molecule has 1 aromatic carbocycles. The zero-order chi connectivity index (χ0) is 20.1. The number of halogens is 1. The van der Waals surface area contributed by atoms with E-state index in [0.717, 1.165) is 0 Å². The van der Waals surface area contributed by atoms with Crippen molar-refractivity contribution >= 4 is 40.4 Å². The number of furan rings is 1. The van der Waals surface area contributed by atoms with Crippen molar-refractivity contribution < 1.29 is 28.3 Å². The number of ether oxygens (including phenoxy) is 2. The van der Waals surface area contributed by atoms with E-state index in [1.165, 1.54) is 7.11 Å². The third-order valence-corrected chi connectivity index (χ3v) is 4.64. The average molecular weight is 396 g/mol. The van der Waals surface area contributed by atoms with Gasteiger partial charge in [0.25, 0.3) is 5.91 Å². The highest BCUT2D eigenvalue weighted by molar-refractivity contribution is 6.31. The number of hydrogen-bond acceptors (Lipinski definition) is 6. The molecule has 1 N–H and O–H groups in total. The molecule has 0 saturated heterocycles. The molecule has 0 saturated carbocycles. The second-order valence-corrected chi connectivity index (χ2v) is 6.66. The Balaban J connectivity index is 2.03. The van der Waals surface area contributed by atoms with Gasteiger partial charge in [-0.2, -0.15) is 0 Å². The van der Waals surface area contributed by atoms with Crippen molar-refractivity contribution in [1.29, 1.82) is 0 Å². The zero-order valence-corrected chi connectivity index (χ0v) is 16.4. The molecule has 0 aliphatic rings. The molecule has 2 atom stereocenters. The number of hydrogen-bond donors (Lipinski definition) is 1. The number of carbonyl (C=O) groups is 3. The Hall–Kier alpha value is -2.54. The average Bonchev–Trinajstić information content (AvgIpc) is 2.99. The Kier molecular flexibility index (Phi) is 6.85. The van der Waals surface area contributed by atoms with E-state index in [1.807, 2.05) is 13.8 Å². The number of benzene rings is 1. The highest BCUT2D eigenvalue weighted by atomic mass is 35.5. The molecule has 0 aliphatic carbocycles. The normalized spacial score (nSPS) is 13.1. The maximum Gasteiger partial charge on any atom is 0.375 e. The number of esters is 2. The summed E-state index contributed by atoms with van der Waals surface area (Å²) in [4.78, 5) is 36.2. The van der Waals surface area contributed by atoms with E-state index in [4.69, 9.17) is 25.5 Å². The van der Waals surface area contributed by atoms with Crippen molar-refractivity contribution in [2.75, 3.05) is 13.7 Å². The van der Waals surface area contributed by atoms with E-state index >= 15 is 0 Å². The van der Waals surface area contributed by atoms with Gasteiger partial charge in [-0.3, -0.25) is 4.79 Å². The maximum absolute atomic E-state index is 12.3. The Morgan fingerprint density at radius 1 is 1.30 bits per heavy atom. The van der Waals surface area contributed by atoms with Crippen LogP contribution in [0.25, 0.3) is 11.0 Å². The van der Waals surface area contributed by atoms with Crippen LogP contribution in [-0.4, -0.2) is 37.6 Å². The Morgan fingerprint density at radius 2 is 2.00 bits per heavy atom. The zero-order valence-electron chi connectivity index (χ0n) is 15.6. The van der Waals surface area contributed by atoms with E-state index < -0.39 is 30.5 Å². The number of fused-ring (bicyclic) bond motifs is 1. The summed E-state index contributed by atoms with van der Waals surface area (Å²) in [5.74, 6) is -2.04. The standard InChI is InChI=1S/C19H22ClNO6/c1-5-10(2)16(18(23)25-4)21-15(22)9-26-19(24)17-11(3)13-8-12(20)6-7-14(13)27-17/h6-8,10,16H,5,9H2,1-4H3,(H,21,22)/t10-,16-/m1/s1. The number of aryl methyl sites for hydroxylation is 1. The third-order valence-electron chi connectivity index (χ3n) is 4.40. The minimum atomic E-state index is -0.804. The van der Waals surface area contributed by atoms with Crippen LogP contribution in [0.1, 0.15) is 36.4 Å². The van der Waals surface area contributed by atoms with E-state index in [0.29, 0.717) is 28.0 Å². The third kappa shape index (κ3) is 4.80. The molecular weight excluding hydrogens is 374 g/mol. The number of nitrogens with one attached hydrogen (secondary N) is 1. The largest absolute Gasteiger partial charge is 0.467 e. The van der Waals surface area contributed by atoms with E-state index in [-0.39, 0.29) is 11.7 Å². The van der Waals surface area contributed by atoms with Crippen molar-refractivity contribution in [3.8, 4) is 0 Å². The lowest BCUT2D eigenvalue weighted by Crippen LogP contribution is -2.47. The molecule has 2 rings (SSSR count). The van der Waals surface area contributed by atoms with Gasteiger partial charge in [0.1, 0.15) is 11.6 Å². The molecule has 0 unspecified atom stereocenters. The van der Waals surface area contributed by atoms with Gasteiger partial charge in [0.15, 0.2) is 6.61 Å². The first-order valence-corrected chi connectivity index (χ1v) is 8.89. The smallest absolute Gasteiger partial charge is 0.375 e. The lowest BCUT2D eigenvalue weighted by molar-refractivity contribution is -0.147. The Bertz CT molecular complexity index is 859. The molecule has 0 spiro atoms.